The predicted molar refractivity (Wildman–Crippen MR) is 72.0 cm³/mol. The van der Waals surface area contributed by atoms with E-state index in [4.69, 9.17) is 5.11 Å². The van der Waals surface area contributed by atoms with E-state index >= 15 is 0 Å². The van der Waals surface area contributed by atoms with Crippen LogP contribution in [0.3, 0.4) is 0 Å². The monoisotopic (exact) mass is 260 g/mol. The van der Waals surface area contributed by atoms with Gasteiger partial charge in [-0.25, -0.2) is 0 Å². The van der Waals surface area contributed by atoms with Gasteiger partial charge in [-0.05, 0) is 26.0 Å². The quantitative estimate of drug-likeness (QED) is 0.786. The van der Waals surface area contributed by atoms with Crippen molar-refractivity contribution >= 4 is 22.8 Å². The number of carboxylic acid groups (broad SMARTS) is 1. The van der Waals surface area contributed by atoms with Crippen molar-refractivity contribution in [1.82, 2.24) is 10.3 Å². The van der Waals surface area contributed by atoms with Crippen LogP contribution in [0.4, 0.5) is 0 Å². The first-order valence-corrected chi connectivity index (χ1v) is 6.10. The molecule has 1 aromatic heterocycles. The van der Waals surface area contributed by atoms with Crippen LogP contribution in [0.25, 0.3) is 10.9 Å². The van der Waals surface area contributed by atoms with E-state index in [9.17, 15) is 9.59 Å². The molecule has 1 aromatic carbocycles. The number of carbonyl (C=O) groups is 2. The molecule has 0 radical (unpaired) electrons. The van der Waals surface area contributed by atoms with Gasteiger partial charge in [0.25, 0.3) is 5.91 Å². The number of rotatable bonds is 4. The number of nitrogens with one attached hydrogen (secondary N) is 2. The number of H-pyrrole nitrogens is 1. The Kier molecular flexibility index (Phi) is 3.55. The summed E-state index contributed by atoms with van der Waals surface area (Å²) in [5.74, 6) is -1.85. The van der Waals surface area contributed by atoms with E-state index in [1.807, 2.05) is 24.3 Å². The zero-order valence-corrected chi connectivity index (χ0v) is 10.8. The van der Waals surface area contributed by atoms with Gasteiger partial charge in [0, 0.05) is 16.9 Å². The molecule has 2 aromatic rings. The first-order chi connectivity index (χ1) is 8.99. The third kappa shape index (κ3) is 2.76. The minimum atomic E-state index is -0.926. The number of carboxylic acids is 1. The smallest absolute Gasteiger partial charge is 0.308 e. The highest BCUT2D eigenvalue weighted by Crippen LogP contribution is 2.15. The summed E-state index contributed by atoms with van der Waals surface area (Å²) in [5, 5.41) is 12.5. The molecule has 0 saturated carbocycles. The van der Waals surface area contributed by atoms with Gasteiger partial charge in [0.05, 0.1) is 5.92 Å². The van der Waals surface area contributed by atoms with Crippen LogP contribution in [0.2, 0.25) is 0 Å². The predicted octanol–water partition coefficient (Wildman–Crippen LogP) is 2.01. The molecule has 2 atom stereocenters. The second-order valence-electron chi connectivity index (χ2n) is 4.66. The van der Waals surface area contributed by atoms with Gasteiger partial charge < -0.3 is 15.4 Å². The Labute approximate surface area is 110 Å². The van der Waals surface area contributed by atoms with Crippen molar-refractivity contribution in [1.29, 1.82) is 0 Å². The Morgan fingerprint density at radius 1 is 1.26 bits per heavy atom. The minimum absolute atomic E-state index is 0.295. The van der Waals surface area contributed by atoms with Crippen molar-refractivity contribution in [2.45, 2.75) is 19.9 Å². The molecule has 0 aliphatic rings. The zero-order valence-electron chi connectivity index (χ0n) is 10.8. The molecule has 2 rings (SSSR count). The fourth-order valence-electron chi connectivity index (χ4n) is 1.82. The van der Waals surface area contributed by atoms with Gasteiger partial charge >= 0.3 is 5.97 Å². The SMILES string of the molecule is CC(NC(=O)c1cc2ccccc2[nH]1)C(C)C(=O)O. The highest BCUT2D eigenvalue weighted by atomic mass is 16.4. The summed E-state index contributed by atoms with van der Waals surface area (Å²) >= 11 is 0. The van der Waals surface area contributed by atoms with Crippen LogP contribution in [0.5, 0.6) is 0 Å². The number of aromatic amines is 1. The molecule has 0 aliphatic heterocycles. The van der Waals surface area contributed by atoms with E-state index < -0.39 is 17.9 Å². The summed E-state index contributed by atoms with van der Waals surface area (Å²) in [6, 6.07) is 8.89. The summed E-state index contributed by atoms with van der Waals surface area (Å²) in [5.41, 5.74) is 1.32. The van der Waals surface area contributed by atoms with E-state index in [0.717, 1.165) is 10.9 Å². The number of hydrogen-bond donors (Lipinski definition) is 3. The number of fused-ring (bicyclic) bond motifs is 1. The third-order valence-electron chi connectivity index (χ3n) is 3.27. The maximum absolute atomic E-state index is 12.0. The topological polar surface area (TPSA) is 82.2 Å². The lowest BCUT2D eigenvalue weighted by Crippen LogP contribution is -2.40. The molecule has 0 saturated heterocycles. The zero-order chi connectivity index (χ0) is 14.0. The highest BCUT2D eigenvalue weighted by Gasteiger charge is 2.22. The minimum Gasteiger partial charge on any atom is -0.481 e. The van der Waals surface area contributed by atoms with Gasteiger partial charge in [-0.3, -0.25) is 9.59 Å². The third-order valence-corrected chi connectivity index (χ3v) is 3.27. The Bertz CT molecular complexity index is 585. The van der Waals surface area contributed by atoms with Crippen LogP contribution in [-0.2, 0) is 4.79 Å². The van der Waals surface area contributed by atoms with Crippen molar-refractivity contribution in [3.8, 4) is 0 Å². The second-order valence-corrected chi connectivity index (χ2v) is 4.66. The lowest BCUT2D eigenvalue weighted by molar-refractivity contribution is -0.141. The van der Waals surface area contributed by atoms with Gasteiger partial charge in [-0.2, -0.15) is 0 Å². The fraction of sp³-hybridized carbons (Fsp3) is 0.286. The molecular formula is C14H16N2O3. The summed E-state index contributed by atoms with van der Waals surface area (Å²) < 4.78 is 0. The number of amides is 1. The summed E-state index contributed by atoms with van der Waals surface area (Å²) in [6.07, 6.45) is 0. The van der Waals surface area contributed by atoms with E-state index in [2.05, 4.69) is 10.3 Å². The van der Waals surface area contributed by atoms with Crippen LogP contribution in [0, 0.1) is 5.92 Å². The van der Waals surface area contributed by atoms with Crippen LogP contribution in [0.1, 0.15) is 24.3 Å². The van der Waals surface area contributed by atoms with Crippen LogP contribution < -0.4 is 5.32 Å². The molecule has 3 N–H and O–H groups in total. The lowest BCUT2D eigenvalue weighted by atomic mass is 10.0. The van der Waals surface area contributed by atoms with Crippen molar-refractivity contribution in [2.75, 3.05) is 0 Å². The van der Waals surface area contributed by atoms with Crippen LogP contribution in [0.15, 0.2) is 30.3 Å². The Morgan fingerprint density at radius 3 is 2.58 bits per heavy atom. The second kappa shape index (κ2) is 5.14. The molecule has 5 nitrogen and oxygen atoms in total. The normalized spacial score (nSPS) is 14.0. The Morgan fingerprint density at radius 2 is 1.95 bits per heavy atom. The van der Waals surface area contributed by atoms with E-state index in [1.54, 1.807) is 19.9 Å². The summed E-state index contributed by atoms with van der Waals surface area (Å²) in [6.45, 7) is 3.25. The molecule has 0 spiro atoms. The van der Waals surface area contributed by atoms with Gasteiger partial charge in [-0.15, -0.1) is 0 Å². The first-order valence-electron chi connectivity index (χ1n) is 6.10. The van der Waals surface area contributed by atoms with Crippen molar-refractivity contribution in [3.05, 3.63) is 36.0 Å². The Balaban J connectivity index is 2.13. The van der Waals surface area contributed by atoms with Crippen molar-refractivity contribution in [2.24, 2.45) is 5.92 Å². The van der Waals surface area contributed by atoms with Gasteiger partial charge in [0.1, 0.15) is 5.69 Å². The number of aromatic nitrogens is 1. The Hall–Kier alpha value is -2.30. The van der Waals surface area contributed by atoms with E-state index in [1.165, 1.54) is 0 Å². The number of aliphatic carboxylic acids is 1. The average molecular weight is 260 g/mol. The first kappa shape index (κ1) is 13.1. The molecule has 19 heavy (non-hydrogen) atoms. The number of benzene rings is 1. The number of hydrogen-bond acceptors (Lipinski definition) is 2. The highest BCUT2D eigenvalue weighted by molar-refractivity contribution is 5.98. The molecule has 2 unspecified atom stereocenters. The summed E-state index contributed by atoms with van der Waals surface area (Å²) in [4.78, 5) is 25.9. The van der Waals surface area contributed by atoms with Gasteiger partial charge in [0.15, 0.2) is 0 Å². The van der Waals surface area contributed by atoms with Crippen molar-refractivity contribution in [3.63, 3.8) is 0 Å². The maximum Gasteiger partial charge on any atom is 0.308 e. The molecule has 0 aliphatic carbocycles. The molecule has 100 valence electrons. The standard InChI is InChI=1S/C14H16N2O3/c1-8(14(18)19)9(2)15-13(17)12-7-10-5-3-4-6-11(10)16-12/h3-9,16H,1-2H3,(H,15,17)(H,18,19). The molecule has 0 fully saturated rings. The summed E-state index contributed by atoms with van der Waals surface area (Å²) in [7, 11) is 0. The number of carbonyl (C=O) groups excluding carboxylic acids is 1. The molecule has 0 bridgehead atoms. The molecular weight excluding hydrogens is 244 g/mol. The van der Waals surface area contributed by atoms with Crippen molar-refractivity contribution < 1.29 is 14.7 Å². The number of para-hydroxylation sites is 1. The molecule has 1 amide bonds. The van der Waals surface area contributed by atoms with E-state index in [0.29, 0.717) is 5.69 Å². The van der Waals surface area contributed by atoms with Crippen LogP contribution in [-0.4, -0.2) is 28.0 Å². The largest absolute Gasteiger partial charge is 0.481 e. The molecule has 5 heteroatoms. The maximum atomic E-state index is 12.0. The fourth-order valence-corrected chi connectivity index (χ4v) is 1.82. The van der Waals surface area contributed by atoms with E-state index in [-0.39, 0.29) is 5.91 Å². The van der Waals surface area contributed by atoms with Crippen LogP contribution >= 0.6 is 0 Å². The lowest BCUT2D eigenvalue weighted by Gasteiger charge is -2.17. The molecule has 1 heterocycles. The van der Waals surface area contributed by atoms with Gasteiger partial charge in [-0.1, -0.05) is 18.2 Å². The van der Waals surface area contributed by atoms with Gasteiger partial charge in [0.2, 0.25) is 0 Å². The average Bonchev–Trinajstić information content (AvgIpc) is 2.81.